The van der Waals surface area contributed by atoms with Gasteiger partial charge in [-0.25, -0.2) is 9.78 Å². The van der Waals surface area contributed by atoms with E-state index < -0.39 is 0 Å². The van der Waals surface area contributed by atoms with Crippen LogP contribution in [0.4, 0.5) is 0 Å². The molecule has 0 aliphatic rings. The number of fused-ring (bicyclic) bond motifs is 1. The molecular formula is C8H6N2O2. The molecule has 12 heavy (non-hydrogen) atoms. The SMILES string of the molecule is Cc1nc2ccncc2c(=O)o1. The number of aromatic nitrogens is 2. The first-order valence-corrected chi connectivity index (χ1v) is 3.49. The van der Waals surface area contributed by atoms with Crippen LogP contribution in [0.25, 0.3) is 10.9 Å². The molecule has 0 fully saturated rings. The van der Waals surface area contributed by atoms with Crippen molar-refractivity contribution in [1.29, 1.82) is 0 Å². The third kappa shape index (κ3) is 0.972. The summed E-state index contributed by atoms with van der Waals surface area (Å²) in [6.45, 7) is 1.64. The van der Waals surface area contributed by atoms with Crippen molar-refractivity contribution in [3.05, 3.63) is 34.8 Å². The van der Waals surface area contributed by atoms with Gasteiger partial charge in [-0.05, 0) is 6.07 Å². The number of nitrogens with zero attached hydrogens (tertiary/aromatic N) is 2. The Morgan fingerprint density at radius 2 is 2.33 bits per heavy atom. The Kier molecular flexibility index (Phi) is 1.40. The highest BCUT2D eigenvalue weighted by Crippen LogP contribution is 2.03. The fourth-order valence-corrected chi connectivity index (χ4v) is 1.02. The molecule has 0 radical (unpaired) electrons. The van der Waals surface area contributed by atoms with E-state index in [4.69, 9.17) is 4.42 Å². The van der Waals surface area contributed by atoms with Gasteiger partial charge in [0.15, 0.2) is 5.89 Å². The molecule has 0 atom stereocenters. The molecule has 2 heterocycles. The standard InChI is InChI=1S/C8H6N2O2/c1-5-10-7-2-3-9-4-6(7)8(11)12-5/h2-4H,1H3. The van der Waals surface area contributed by atoms with E-state index >= 15 is 0 Å². The highest BCUT2D eigenvalue weighted by atomic mass is 16.4. The van der Waals surface area contributed by atoms with Crippen LogP contribution < -0.4 is 5.63 Å². The second-order valence-electron chi connectivity index (χ2n) is 2.41. The molecule has 2 aromatic rings. The van der Waals surface area contributed by atoms with Gasteiger partial charge in [0.25, 0.3) is 0 Å². The maximum Gasteiger partial charge on any atom is 0.348 e. The molecule has 4 nitrogen and oxygen atoms in total. The van der Waals surface area contributed by atoms with Crippen LogP contribution in [0, 0.1) is 6.92 Å². The third-order valence-corrected chi connectivity index (χ3v) is 1.54. The number of rotatable bonds is 0. The molecule has 0 amide bonds. The van der Waals surface area contributed by atoms with Gasteiger partial charge in [-0.2, -0.15) is 0 Å². The quantitative estimate of drug-likeness (QED) is 0.577. The topological polar surface area (TPSA) is 56.0 Å². The predicted octanol–water partition coefficient (Wildman–Crippen LogP) is 0.891. The molecule has 2 aromatic heterocycles. The number of pyridine rings is 1. The van der Waals surface area contributed by atoms with E-state index in [2.05, 4.69) is 9.97 Å². The van der Waals surface area contributed by atoms with Crippen molar-refractivity contribution in [2.45, 2.75) is 6.92 Å². The summed E-state index contributed by atoms with van der Waals surface area (Å²) in [4.78, 5) is 19.0. The van der Waals surface area contributed by atoms with Gasteiger partial charge in [0.2, 0.25) is 0 Å². The first-order chi connectivity index (χ1) is 5.77. The molecule has 4 heteroatoms. The smallest absolute Gasteiger partial charge is 0.348 e. The Morgan fingerprint density at radius 1 is 1.50 bits per heavy atom. The van der Waals surface area contributed by atoms with Crippen molar-refractivity contribution in [3.8, 4) is 0 Å². The maximum absolute atomic E-state index is 11.2. The maximum atomic E-state index is 11.2. The molecule has 0 aliphatic carbocycles. The average molecular weight is 162 g/mol. The van der Waals surface area contributed by atoms with E-state index in [9.17, 15) is 4.79 Å². The monoisotopic (exact) mass is 162 g/mol. The van der Waals surface area contributed by atoms with Crippen molar-refractivity contribution in [1.82, 2.24) is 9.97 Å². The average Bonchev–Trinajstić information content (AvgIpc) is 2.04. The number of hydrogen-bond donors (Lipinski definition) is 0. The molecule has 0 saturated carbocycles. The molecule has 0 N–H and O–H groups in total. The van der Waals surface area contributed by atoms with E-state index in [0.29, 0.717) is 16.8 Å². The van der Waals surface area contributed by atoms with Gasteiger partial charge in [0, 0.05) is 19.3 Å². The van der Waals surface area contributed by atoms with Gasteiger partial charge < -0.3 is 4.42 Å². The summed E-state index contributed by atoms with van der Waals surface area (Å²) >= 11 is 0. The minimum Gasteiger partial charge on any atom is -0.408 e. The van der Waals surface area contributed by atoms with E-state index in [-0.39, 0.29) is 5.63 Å². The fraction of sp³-hybridized carbons (Fsp3) is 0.125. The van der Waals surface area contributed by atoms with Crippen LogP contribution in [0.5, 0.6) is 0 Å². The summed E-state index contributed by atoms with van der Waals surface area (Å²) in [6.07, 6.45) is 3.04. The molecule has 0 spiro atoms. The number of hydrogen-bond acceptors (Lipinski definition) is 4. The lowest BCUT2D eigenvalue weighted by Crippen LogP contribution is -2.02. The minimum absolute atomic E-state index is 0.374. The Morgan fingerprint density at radius 3 is 3.17 bits per heavy atom. The highest BCUT2D eigenvalue weighted by Gasteiger charge is 2.01. The zero-order chi connectivity index (χ0) is 8.55. The molecular weight excluding hydrogens is 156 g/mol. The summed E-state index contributed by atoms with van der Waals surface area (Å²) in [5.74, 6) is 0.374. The van der Waals surface area contributed by atoms with Crippen LogP contribution >= 0.6 is 0 Å². The summed E-state index contributed by atoms with van der Waals surface area (Å²) in [5.41, 5.74) is 0.240. The Balaban J connectivity index is 2.99. The fourth-order valence-electron chi connectivity index (χ4n) is 1.02. The Labute approximate surface area is 67.9 Å². The summed E-state index contributed by atoms with van der Waals surface area (Å²) < 4.78 is 4.78. The molecule has 0 aromatic carbocycles. The Hall–Kier alpha value is -1.71. The van der Waals surface area contributed by atoms with Crippen LogP contribution in [0.3, 0.4) is 0 Å². The lowest BCUT2D eigenvalue weighted by atomic mass is 10.3. The van der Waals surface area contributed by atoms with E-state index in [1.165, 1.54) is 6.20 Å². The summed E-state index contributed by atoms with van der Waals surface area (Å²) in [5, 5.41) is 0.420. The molecule has 0 bridgehead atoms. The molecule has 60 valence electrons. The summed E-state index contributed by atoms with van der Waals surface area (Å²) in [7, 11) is 0. The van der Waals surface area contributed by atoms with Gasteiger partial charge in [0.1, 0.15) is 5.39 Å². The zero-order valence-electron chi connectivity index (χ0n) is 6.44. The van der Waals surface area contributed by atoms with Gasteiger partial charge in [0.05, 0.1) is 5.52 Å². The van der Waals surface area contributed by atoms with Crippen LogP contribution in [-0.2, 0) is 0 Å². The first kappa shape index (κ1) is 6.97. The zero-order valence-corrected chi connectivity index (χ0v) is 6.44. The Bertz CT molecular complexity index is 476. The first-order valence-electron chi connectivity index (χ1n) is 3.49. The normalized spacial score (nSPS) is 10.4. The lowest BCUT2D eigenvalue weighted by Gasteiger charge is -1.94. The predicted molar refractivity (Wildman–Crippen MR) is 42.8 cm³/mol. The molecule has 2 rings (SSSR count). The third-order valence-electron chi connectivity index (χ3n) is 1.54. The highest BCUT2D eigenvalue weighted by molar-refractivity contribution is 5.75. The van der Waals surface area contributed by atoms with Crippen molar-refractivity contribution in [2.24, 2.45) is 0 Å². The van der Waals surface area contributed by atoms with Crippen molar-refractivity contribution in [3.63, 3.8) is 0 Å². The van der Waals surface area contributed by atoms with Crippen LogP contribution in [0.1, 0.15) is 5.89 Å². The van der Waals surface area contributed by atoms with Gasteiger partial charge in [-0.15, -0.1) is 0 Å². The summed E-state index contributed by atoms with van der Waals surface area (Å²) in [6, 6.07) is 1.68. The molecule has 0 aliphatic heterocycles. The van der Waals surface area contributed by atoms with Crippen LogP contribution in [0.15, 0.2) is 27.7 Å². The lowest BCUT2D eigenvalue weighted by molar-refractivity contribution is 0.467. The van der Waals surface area contributed by atoms with E-state index in [1.807, 2.05) is 0 Å². The second kappa shape index (κ2) is 2.41. The van der Waals surface area contributed by atoms with Crippen molar-refractivity contribution < 1.29 is 4.42 Å². The second-order valence-corrected chi connectivity index (χ2v) is 2.41. The van der Waals surface area contributed by atoms with Gasteiger partial charge in [-0.1, -0.05) is 0 Å². The minimum atomic E-state index is -0.384. The largest absolute Gasteiger partial charge is 0.408 e. The van der Waals surface area contributed by atoms with Crippen LogP contribution in [-0.4, -0.2) is 9.97 Å². The molecule has 0 saturated heterocycles. The number of aryl methyl sites for hydroxylation is 1. The van der Waals surface area contributed by atoms with Gasteiger partial charge >= 0.3 is 5.63 Å². The van der Waals surface area contributed by atoms with Crippen molar-refractivity contribution >= 4 is 10.9 Å². The van der Waals surface area contributed by atoms with E-state index in [0.717, 1.165) is 0 Å². The molecule has 0 unspecified atom stereocenters. The van der Waals surface area contributed by atoms with Gasteiger partial charge in [-0.3, -0.25) is 4.98 Å². The van der Waals surface area contributed by atoms with E-state index in [1.54, 1.807) is 19.2 Å². The van der Waals surface area contributed by atoms with Crippen molar-refractivity contribution in [2.75, 3.05) is 0 Å². The van der Waals surface area contributed by atoms with Crippen LogP contribution in [0.2, 0.25) is 0 Å².